The number of nitrogens with one attached hydrogen (secondary N) is 2. The van der Waals surface area contributed by atoms with E-state index in [2.05, 4.69) is 20.3 Å². The third-order valence-electron chi connectivity index (χ3n) is 6.26. The molecule has 36 heavy (non-hydrogen) atoms. The molecule has 3 aromatic heterocycles. The van der Waals surface area contributed by atoms with E-state index in [1.54, 1.807) is 6.20 Å². The molecule has 5 rings (SSSR count). The predicted octanol–water partition coefficient (Wildman–Crippen LogP) is 5.48. The Kier molecular flexibility index (Phi) is 6.77. The molecule has 0 aliphatic carbocycles. The van der Waals surface area contributed by atoms with Crippen LogP contribution < -0.4 is 10.9 Å². The number of aromatic nitrogens is 4. The second-order valence-corrected chi connectivity index (χ2v) is 9.62. The molecule has 0 aliphatic heterocycles. The number of carbonyl (C=O) groups is 1. The van der Waals surface area contributed by atoms with Crippen molar-refractivity contribution < 1.29 is 4.79 Å². The van der Waals surface area contributed by atoms with E-state index in [0.29, 0.717) is 22.5 Å². The zero-order valence-corrected chi connectivity index (χ0v) is 21.0. The third-order valence-corrected chi connectivity index (χ3v) is 7.14. The van der Waals surface area contributed by atoms with Gasteiger partial charge in [-0.05, 0) is 24.5 Å². The van der Waals surface area contributed by atoms with Crippen molar-refractivity contribution >= 4 is 27.5 Å². The maximum absolute atomic E-state index is 13.3. The maximum atomic E-state index is 13.3. The topological polar surface area (TPSA) is 92.7 Å². The van der Waals surface area contributed by atoms with Crippen molar-refractivity contribution in [1.29, 1.82) is 0 Å². The molecule has 0 saturated heterocycles. The van der Waals surface area contributed by atoms with Gasteiger partial charge in [-0.25, -0.2) is 9.97 Å². The van der Waals surface area contributed by atoms with E-state index in [-0.39, 0.29) is 30.5 Å². The average Bonchev–Trinajstić information content (AvgIpc) is 3.56. The molecule has 1 amide bonds. The number of imidazole rings is 1. The average molecular weight is 498 g/mol. The fourth-order valence-corrected chi connectivity index (χ4v) is 5.11. The zero-order chi connectivity index (χ0) is 25.1. The largest absolute Gasteiger partial charge is 0.346 e. The van der Waals surface area contributed by atoms with Gasteiger partial charge in [-0.3, -0.25) is 14.2 Å². The van der Waals surface area contributed by atoms with Crippen LogP contribution in [0, 0.1) is 6.92 Å². The van der Waals surface area contributed by atoms with Crippen molar-refractivity contribution in [2.45, 2.75) is 39.3 Å². The summed E-state index contributed by atoms with van der Waals surface area (Å²) in [5, 5.41) is 5.62. The van der Waals surface area contributed by atoms with Crippen LogP contribution in [0.15, 0.2) is 77.3 Å². The lowest BCUT2D eigenvalue weighted by Gasteiger charge is -2.15. The van der Waals surface area contributed by atoms with Crippen LogP contribution in [0.4, 0.5) is 0 Å². The lowest BCUT2D eigenvalue weighted by Crippen LogP contribution is -2.31. The van der Waals surface area contributed by atoms with Crippen LogP contribution in [-0.4, -0.2) is 25.4 Å². The number of aryl methyl sites for hydroxylation is 2. The van der Waals surface area contributed by atoms with Gasteiger partial charge in [-0.1, -0.05) is 67.1 Å². The van der Waals surface area contributed by atoms with Crippen LogP contribution in [0.25, 0.3) is 32.6 Å². The van der Waals surface area contributed by atoms with Crippen molar-refractivity contribution in [3.63, 3.8) is 0 Å². The lowest BCUT2D eigenvalue weighted by molar-refractivity contribution is -0.122. The molecule has 0 fully saturated rings. The number of thiophene rings is 1. The smallest absolute Gasteiger partial charge is 0.262 e. The Hall–Kier alpha value is -4.04. The summed E-state index contributed by atoms with van der Waals surface area (Å²) in [5.74, 6) is 0.571. The van der Waals surface area contributed by atoms with Crippen LogP contribution in [0.3, 0.4) is 0 Å². The number of nitrogens with zero attached hydrogens (tertiary/aromatic N) is 3. The molecule has 1 atom stereocenters. The number of benzene rings is 2. The first-order valence-electron chi connectivity index (χ1n) is 12.0. The Labute approximate surface area is 212 Å². The standard InChI is InChI=1S/C28H27N5O2S/c1-3-22(26-29-15-23(32-26)20-7-5-4-6-8-20)31-24(34)13-14-33-17-30-27-25(28(33)35)21(16-36-27)19-11-9-18(2)10-12-19/h4-12,15-17,22H,3,13-14H2,1-2H3,(H,29,32)(H,31,34). The summed E-state index contributed by atoms with van der Waals surface area (Å²) in [6.07, 6.45) is 4.17. The minimum Gasteiger partial charge on any atom is -0.346 e. The highest BCUT2D eigenvalue weighted by Gasteiger charge is 2.18. The number of carbonyl (C=O) groups excluding carboxylic acids is 1. The number of hydrogen-bond donors (Lipinski definition) is 2. The molecule has 7 nitrogen and oxygen atoms in total. The van der Waals surface area contributed by atoms with Crippen molar-refractivity contribution in [2.75, 3.05) is 0 Å². The number of fused-ring (bicyclic) bond motifs is 1. The van der Waals surface area contributed by atoms with Gasteiger partial charge in [0, 0.05) is 23.9 Å². The van der Waals surface area contributed by atoms with E-state index in [1.807, 2.05) is 73.8 Å². The van der Waals surface area contributed by atoms with Gasteiger partial charge in [0.05, 0.1) is 29.6 Å². The molecule has 0 spiro atoms. The number of aromatic amines is 1. The Morgan fingerprint density at radius 2 is 1.86 bits per heavy atom. The van der Waals surface area contributed by atoms with Crippen LogP contribution in [0.2, 0.25) is 0 Å². The van der Waals surface area contributed by atoms with E-state index >= 15 is 0 Å². The summed E-state index contributed by atoms with van der Waals surface area (Å²) < 4.78 is 1.52. The summed E-state index contributed by atoms with van der Waals surface area (Å²) >= 11 is 1.46. The van der Waals surface area contributed by atoms with Gasteiger partial charge >= 0.3 is 0 Å². The van der Waals surface area contributed by atoms with Crippen molar-refractivity contribution in [2.24, 2.45) is 0 Å². The van der Waals surface area contributed by atoms with E-state index in [1.165, 1.54) is 22.2 Å². The minimum atomic E-state index is -0.239. The first kappa shape index (κ1) is 23.7. The molecule has 0 aliphatic rings. The number of hydrogen-bond acceptors (Lipinski definition) is 5. The number of H-pyrrole nitrogens is 1. The van der Waals surface area contributed by atoms with Gasteiger partial charge in [0.2, 0.25) is 5.91 Å². The Morgan fingerprint density at radius 1 is 1.08 bits per heavy atom. The Balaban J connectivity index is 1.29. The molecule has 5 aromatic rings. The predicted molar refractivity (Wildman–Crippen MR) is 144 cm³/mol. The maximum Gasteiger partial charge on any atom is 0.262 e. The van der Waals surface area contributed by atoms with Crippen LogP contribution in [0.5, 0.6) is 0 Å². The van der Waals surface area contributed by atoms with E-state index in [9.17, 15) is 9.59 Å². The first-order valence-corrected chi connectivity index (χ1v) is 12.8. The Bertz CT molecular complexity index is 1550. The van der Waals surface area contributed by atoms with E-state index < -0.39 is 0 Å². The third kappa shape index (κ3) is 4.85. The summed E-state index contributed by atoms with van der Waals surface area (Å²) in [4.78, 5) is 39.1. The molecular weight excluding hydrogens is 470 g/mol. The summed E-state index contributed by atoms with van der Waals surface area (Å²) in [6, 6.07) is 17.8. The van der Waals surface area contributed by atoms with Gasteiger partial charge in [-0.15, -0.1) is 11.3 Å². The molecule has 0 bridgehead atoms. The minimum absolute atomic E-state index is 0.129. The highest BCUT2D eigenvalue weighted by molar-refractivity contribution is 7.17. The molecule has 1 unspecified atom stereocenters. The quantitative estimate of drug-likeness (QED) is 0.297. The highest BCUT2D eigenvalue weighted by Crippen LogP contribution is 2.30. The van der Waals surface area contributed by atoms with E-state index in [4.69, 9.17) is 0 Å². The first-order chi connectivity index (χ1) is 17.5. The molecular formula is C28H27N5O2S. The molecule has 0 radical (unpaired) electrons. The highest BCUT2D eigenvalue weighted by atomic mass is 32.1. The number of amides is 1. The van der Waals surface area contributed by atoms with Crippen molar-refractivity contribution in [3.8, 4) is 22.4 Å². The fourth-order valence-electron chi connectivity index (χ4n) is 4.20. The zero-order valence-electron chi connectivity index (χ0n) is 20.2. The van der Waals surface area contributed by atoms with Crippen molar-refractivity contribution in [3.05, 3.63) is 94.2 Å². The van der Waals surface area contributed by atoms with Gasteiger partial charge in [0.15, 0.2) is 0 Å². The second-order valence-electron chi connectivity index (χ2n) is 8.77. The fraction of sp³-hybridized carbons (Fsp3) is 0.214. The monoisotopic (exact) mass is 497 g/mol. The molecule has 3 heterocycles. The van der Waals surface area contributed by atoms with E-state index in [0.717, 1.165) is 27.9 Å². The van der Waals surface area contributed by atoms with Crippen LogP contribution >= 0.6 is 11.3 Å². The van der Waals surface area contributed by atoms with Crippen molar-refractivity contribution in [1.82, 2.24) is 24.8 Å². The number of rotatable bonds is 8. The van der Waals surface area contributed by atoms with Crippen LogP contribution in [0.1, 0.15) is 37.2 Å². The molecule has 8 heteroatoms. The summed E-state index contributed by atoms with van der Waals surface area (Å²) in [7, 11) is 0. The molecule has 2 aromatic carbocycles. The van der Waals surface area contributed by atoms with Crippen LogP contribution in [-0.2, 0) is 11.3 Å². The second kappa shape index (κ2) is 10.3. The van der Waals surface area contributed by atoms with Gasteiger partial charge in [-0.2, -0.15) is 0 Å². The SMILES string of the molecule is CCC(NC(=O)CCn1cnc2scc(-c3ccc(C)cc3)c2c1=O)c1ncc(-c2ccccc2)[nH]1. The molecule has 2 N–H and O–H groups in total. The molecule has 182 valence electrons. The van der Waals surface area contributed by atoms with Gasteiger partial charge in [0.1, 0.15) is 10.7 Å². The summed E-state index contributed by atoms with van der Waals surface area (Å²) in [6.45, 7) is 4.29. The summed E-state index contributed by atoms with van der Waals surface area (Å²) in [5.41, 5.74) is 4.85. The van der Waals surface area contributed by atoms with Gasteiger partial charge < -0.3 is 10.3 Å². The Morgan fingerprint density at radius 3 is 2.61 bits per heavy atom. The lowest BCUT2D eigenvalue weighted by atomic mass is 10.1. The normalized spacial score (nSPS) is 12.1. The molecule has 0 saturated carbocycles. The van der Waals surface area contributed by atoms with Gasteiger partial charge in [0.25, 0.3) is 5.56 Å².